The van der Waals surface area contributed by atoms with Crippen LogP contribution < -0.4 is 0 Å². The highest BCUT2D eigenvalue weighted by atomic mass is 32.2. The molecule has 0 spiro atoms. The lowest BCUT2D eigenvalue weighted by Gasteiger charge is -2.38. The van der Waals surface area contributed by atoms with Gasteiger partial charge in [0.15, 0.2) is 0 Å². The van der Waals surface area contributed by atoms with E-state index in [0.29, 0.717) is 17.9 Å². The number of carbonyl (C=O) groups excluding carboxylic acids is 1. The molecule has 0 aromatic heterocycles. The van der Waals surface area contributed by atoms with Crippen molar-refractivity contribution in [3.63, 3.8) is 0 Å². The largest absolute Gasteiger partial charge is 0.337 e. The summed E-state index contributed by atoms with van der Waals surface area (Å²) in [5.41, 5.74) is 0. The Balaban J connectivity index is 1.62. The van der Waals surface area contributed by atoms with E-state index in [2.05, 4.69) is 21.6 Å². The van der Waals surface area contributed by atoms with Gasteiger partial charge in [0.25, 0.3) is 0 Å². The lowest BCUT2D eigenvalue weighted by atomic mass is 9.88. The quantitative estimate of drug-likeness (QED) is 0.795. The van der Waals surface area contributed by atoms with Crippen LogP contribution >= 0.6 is 11.8 Å². The third kappa shape index (κ3) is 4.41. The zero-order valence-corrected chi connectivity index (χ0v) is 14.8. The second-order valence-corrected chi connectivity index (χ2v) is 8.46. The van der Waals surface area contributed by atoms with Gasteiger partial charge < -0.3 is 9.80 Å². The lowest BCUT2D eigenvalue weighted by Crippen LogP contribution is -2.51. The third-order valence-corrected chi connectivity index (χ3v) is 6.79. The number of piperidine rings is 1. The second kappa shape index (κ2) is 8.58. The summed E-state index contributed by atoms with van der Waals surface area (Å²) in [5, 5.41) is 0. The lowest BCUT2D eigenvalue weighted by molar-refractivity contribution is -0.139. The molecule has 2 saturated heterocycles. The SMILES string of the molecule is O=C(C1CCCCC1)N1CCCSCC1CN1CCCCC1. The van der Waals surface area contributed by atoms with Crippen molar-refractivity contribution >= 4 is 17.7 Å². The minimum atomic E-state index is 0.334. The van der Waals surface area contributed by atoms with Crippen LogP contribution in [0.1, 0.15) is 57.8 Å². The summed E-state index contributed by atoms with van der Waals surface area (Å²) in [7, 11) is 0. The Labute approximate surface area is 140 Å². The van der Waals surface area contributed by atoms with E-state index in [4.69, 9.17) is 0 Å². The highest BCUT2D eigenvalue weighted by molar-refractivity contribution is 7.99. The molecule has 22 heavy (non-hydrogen) atoms. The second-order valence-electron chi connectivity index (χ2n) is 7.31. The molecule has 0 aromatic carbocycles. The minimum absolute atomic E-state index is 0.334. The number of likely N-dealkylation sites (tertiary alicyclic amines) is 1. The van der Waals surface area contributed by atoms with Crippen LogP contribution in [0.4, 0.5) is 0 Å². The molecule has 3 rings (SSSR count). The van der Waals surface area contributed by atoms with Crippen molar-refractivity contribution in [3.05, 3.63) is 0 Å². The van der Waals surface area contributed by atoms with E-state index < -0.39 is 0 Å². The number of hydrogen-bond donors (Lipinski definition) is 0. The fraction of sp³-hybridized carbons (Fsp3) is 0.944. The van der Waals surface area contributed by atoms with Gasteiger partial charge in [-0.2, -0.15) is 11.8 Å². The van der Waals surface area contributed by atoms with Crippen LogP contribution in [-0.4, -0.2) is 59.4 Å². The normalized spacial score (nSPS) is 29.3. The maximum Gasteiger partial charge on any atom is 0.226 e. The van der Waals surface area contributed by atoms with E-state index >= 15 is 0 Å². The highest BCUT2D eigenvalue weighted by Gasteiger charge is 2.32. The highest BCUT2D eigenvalue weighted by Crippen LogP contribution is 2.28. The fourth-order valence-corrected chi connectivity index (χ4v) is 5.35. The van der Waals surface area contributed by atoms with Crippen LogP contribution in [0.25, 0.3) is 0 Å². The van der Waals surface area contributed by atoms with Gasteiger partial charge in [0.05, 0.1) is 6.04 Å². The Bertz CT molecular complexity index is 351. The van der Waals surface area contributed by atoms with Crippen LogP contribution in [0.5, 0.6) is 0 Å². The molecule has 0 N–H and O–H groups in total. The smallest absolute Gasteiger partial charge is 0.226 e. The van der Waals surface area contributed by atoms with Gasteiger partial charge in [0.1, 0.15) is 0 Å². The Morgan fingerprint density at radius 2 is 1.64 bits per heavy atom. The van der Waals surface area contributed by atoms with Crippen molar-refractivity contribution in [2.24, 2.45) is 5.92 Å². The van der Waals surface area contributed by atoms with Gasteiger partial charge in [-0.1, -0.05) is 25.7 Å². The van der Waals surface area contributed by atoms with Crippen LogP contribution in [0.15, 0.2) is 0 Å². The average molecular weight is 325 g/mol. The van der Waals surface area contributed by atoms with Gasteiger partial charge in [0, 0.05) is 24.8 Å². The molecule has 1 aliphatic carbocycles. The van der Waals surface area contributed by atoms with Crippen molar-refractivity contribution in [1.82, 2.24) is 9.80 Å². The van der Waals surface area contributed by atoms with Crippen LogP contribution in [-0.2, 0) is 4.79 Å². The van der Waals surface area contributed by atoms with Crippen molar-refractivity contribution in [3.8, 4) is 0 Å². The first-order valence-electron chi connectivity index (χ1n) is 9.45. The number of hydrogen-bond acceptors (Lipinski definition) is 3. The molecule has 126 valence electrons. The van der Waals surface area contributed by atoms with E-state index in [1.54, 1.807) is 0 Å². The number of thioether (sulfide) groups is 1. The predicted molar refractivity (Wildman–Crippen MR) is 94.3 cm³/mol. The molecule has 0 aromatic rings. The Morgan fingerprint density at radius 1 is 0.909 bits per heavy atom. The van der Waals surface area contributed by atoms with Crippen molar-refractivity contribution in [2.45, 2.75) is 63.8 Å². The zero-order chi connectivity index (χ0) is 15.2. The zero-order valence-electron chi connectivity index (χ0n) is 14.0. The summed E-state index contributed by atoms with van der Waals surface area (Å²) in [5.74, 6) is 3.20. The summed E-state index contributed by atoms with van der Waals surface area (Å²) in [4.78, 5) is 18.0. The Hall–Kier alpha value is -0.220. The van der Waals surface area contributed by atoms with Gasteiger partial charge in [-0.25, -0.2) is 0 Å². The summed E-state index contributed by atoms with van der Waals surface area (Å²) >= 11 is 2.06. The molecule has 1 saturated carbocycles. The first-order valence-corrected chi connectivity index (χ1v) is 10.6. The Morgan fingerprint density at radius 3 is 2.41 bits per heavy atom. The molecule has 4 heteroatoms. The number of nitrogens with zero attached hydrogens (tertiary/aromatic N) is 2. The number of carbonyl (C=O) groups is 1. The molecule has 1 atom stereocenters. The van der Waals surface area contributed by atoms with Gasteiger partial charge in [-0.15, -0.1) is 0 Å². The third-order valence-electron chi connectivity index (χ3n) is 5.59. The summed E-state index contributed by atoms with van der Waals surface area (Å²) in [6.45, 7) is 4.60. The Kier molecular flexibility index (Phi) is 6.49. The van der Waals surface area contributed by atoms with E-state index in [0.717, 1.165) is 31.7 Å². The summed E-state index contributed by atoms with van der Waals surface area (Å²) in [6.07, 6.45) is 11.4. The molecule has 3 fully saturated rings. The predicted octanol–water partition coefficient (Wildman–Crippen LogP) is 3.39. The summed E-state index contributed by atoms with van der Waals surface area (Å²) in [6, 6.07) is 0.458. The molecular weight excluding hydrogens is 292 g/mol. The minimum Gasteiger partial charge on any atom is -0.337 e. The first-order chi connectivity index (χ1) is 10.8. The maximum absolute atomic E-state index is 13.1. The fourth-order valence-electron chi connectivity index (χ4n) is 4.29. The molecule has 2 aliphatic heterocycles. The molecule has 1 unspecified atom stereocenters. The molecule has 3 nitrogen and oxygen atoms in total. The molecule has 2 heterocycles. The number of amides is 1. The maximum atomic E-state index is 13.1. The average Bonchev–Trinajstić information content (AvgIpc) is 2.81. The molecule has 0 bridgehead atoms. The monoisotopic (exact) mass is 324 g/mol. The standard InChI is InChI=1S/C18H32N2OS/c21-18(16-8-3-1-4-9-16)20-12-7-13-22-15-17(20)14-19-10-5-2-6-11-19/h16-17H,1-15H2. The molecular formula is C18H32N2OS. The van der Waals surface area contributed by atoms with E-state index in [1.807, 2.05) is 0 Å². The van der Waals surface area contributed by atoms with Crippen LogP contribution in [0.2, 0.25) is 0 Å². The van der Waals surface area contributed by atoms with E-state index in [1.165, 1.54) is 63.8 Å². The van der Waals surface area contributed by atoms with Crippen LogP contribution in [0.3, 0.4) is 0 Å². The number of rotatable bonds is 3. The van der Waals surface area contributed by atoms with Crippen molar-refractivity contribution in [2.75, 3.05) is 37.7 Å². The molecule has 0 radical (unpaired) electrons. The van der Waals surface area contributed by atoms with Gasteiger partial charge in [0.2, 0.25) is 5.91 Å². The topological polar surface area (TPSA) is 23.6 Å². The van der Waals surface area contributed by atoms with Crippen molar-refractivity contribution < 1.29 is 4.79 Å². The van der Waals surface area contributed by atoms with E-state index in [-0.39, 0.29) is 0 Å². The summed E-state index contributed by atoms with van der Waals surface area (Å²) < 4.78 is 0. The first kappa shape index (κ1) is 16.6. The molecule has 3 aliphatic rings. The van der Waals surface area contributed by atoms with Crippen molar-refractivity contribution in [1.29, 1.82) is 0 Å². The van der Waals surface area contributed by atoms with Gasteiger partial charge in [-0.3, -0.25) is 4.79 Å². The molecule has 1 amide bonds. The van der Waals surface area contributed by atoms with Crippen LogP contribution in [0, 0.1) is 5.92 Å². The van der Waals surface area contributed by atoms with Gasteiger partial charge in [-0.05, 0) is 50.9 Å². The van der Waals surface area contributed by atoms with E-state index in [9.17, 15) is 4.79 Å². The van der Waals surface area contributed by atoms with Gasteiger partial charge >= 0.3 is 0 Å².